The average molecular weight is 439 g/mol. The number of ether oxygens (including phenoxy) is 1. The number of hydrogen-bond acceptors (Lipinski definition) is 4. The lowest BCUT2D eigenvalue weighted by Gasteiger charge is -2.10. The molecule has 1 heterocycles. The summed E-state index contributed by atoms with van der Waals surface area (Å²) in [4.78, 5) is 15.8. The van der Waals surface area contributed by atoms with E-state index in [2.05, 4.69) is 54.0 Å². The first-order chi connectivity index (χ1) is 11.1. The third-order valence-corrected chi connectivity index (χ3v) is 3.72. The molecule has 1 aromatic carbocycles. The Bertz CT molecular complexity index is 734. The third-order valence-electron chi connectivity index (χ3n) is 2.68. The second-order valence-electron chi connectivity index (χ2n) is 4.35. The molecule has 2 rings (SSSR count). The van der Waals surface area contributed by atoms with Crippen LogP contribution in [0.25, 0.3) is 0 Å². The van der Waals surface area contributed by atoms with Crippen molar-refractivity contribution < 1.29 is 9.53 Å². The van der Waals surface area contributed by atoms with Crippen molar-refractivity contribution in [1.82, 2.24) is 10.4 Å². The normalized spacial score (nSPS) is 10.5. The molecule has 7 heteroatoms. The Kier molecular flexibility index (Phi) is 6.49. The zero-order valence-corrected chi connectivity index (χ0v) is 15.2. The van der Waals surface area contributed by atoms with Crippen LogP contribution in [0.15, 0.2) is 63.4 Å². The molecule has 1 aromatic heterocycles. The van der Waals surface area contributed by atoms with Gasteiger partial charge in [0.15, 0.2) is 0 Å². The number of carbonyl (C=O) groups excluding carboxylic acids is 1. The first-order valence-corrected chi connectivity index (χ1v) is 8.16. The molecule has 2 aromatic rings. The second kappa shape index (κ2) is 8.59. The monoisotopic (exact) mass is 437 g/mol. The van der Waals surface area contributed by atoms with Crippen LogP contribution in [-0.2, 0) is 0 Å². The summed E-state index contributed by atoms with van der Waals surface area (Å²) in [6.45, 7) is 3.99. The second-order valence-corrected chi connectivity index (χ2v) is 6.12. The molecular weight excluding hydrogens is 426 g/mol. The molecule has 0 fully saturated rings. The molecule has 0 spiro atoms. The van der Waals surface area contributed by atoms with Crippen molar-refractivity contribution in [2.75, 3.05) is 6.61 Å². The Balaban J connectivity index is 2.15. The molecule has 0 saturated carbocycles. The molecule has 0 unspecified atom stereocenters. The highest BCUT2D eigenvalue weighted by Gasteiger charge is 2.09. The topological polar surface area (TPSA) is 63.6 Å². The molecule has 0 aliphatic carbocycles. The minimum Gasteiger partial charge on any atom is -0.488 e. The number of carbonyl (C=O) groups is 1. The Morgan fingerprint density at radius 2 is 2.26 bits per heavy atom. The van der Waals surface area contributed by atoms with E-state index in [0.717, 1.165) is 8.95 Å². The highest BCUT2D eigenvalue weighted by Crippen LogP contribution is 2.32. The van der Waals surface area contributed by atoms with E-state index in [1.807, 2.05) is 12.1 Å². The number of halogens is 2. The summed E-state index contributed by atoms with van der Waals surface area (Å²) in [7, 11) is 0. The van der Waals surface area contributed by atoms with Crippen molar-refractivity contribution in [1.29, 1.82) is 0 Å². The van der Waals surface area contributed by atoms with Crippen LogP contribution in [0.4, 0.5) is 0 Å². The third kappa shape index (κ3) is 5.01. The minimum atomic E-state index is -0.336. The lowest BCUT2D eigenvalue weighted by molar-refractivity contribution is 0.0955. The van der Waals surface area contributed by atoms with Crippen LogP contribution >= 0.6 is 31.9 Å². The maximum Gasteiger partial charge on any atom is 0.272 e. The van der Waals surface area contributed by atoms with E-state index in [1.165, 1.54) is 12.4 Å². The van der Waals surface area contributed by atoms with E-state index in [-0.39, 0.29) is 5.91 Å². The Hall–Kier alpha value is -1.99. The van der Waals surface area contributed by atoms with Gasteiger partial charge in [-0.1, -0.05) is 28.6 Å². The number of hydrazone groups is 1. The van der Waals surface area contributed by atoms with Gasteiger partial charge in [0.2, 0.25) is 0 Å². The summed E-state index contributed by atoms with van der Waals surface area (Å²) < 4.78 is 7.24. The molecule has 0 atom stereocenters. The first kappa shape index (κ1) is 17.4. The highest BCUT2D eigenvalue weighted by atomic mass is 79.9. The molecule has 0 bridgehead atoms. The van der Waals surface area contributed by atoms with Gasteiger partial charge in [-0.3, -0.25) is 9.78 Å². The van der Waals surface area contributed by atoms with E-state index < -0.39 is 0 Å². The van der Waals surface area contributed by atoms with Crippen LogP contribution in [0.1, 0.15) is 15.9 Å². The fourth-order valence-corrected chi connectivity index (χ4v) is 3.07. The number of nitrogens with zero attached hydrogens (tertiary/aromatic N) is 2. The standard InChI is InChI=1S/C16H13Br2N3O2/c1-2-6-23-15-12(7-13(17)8-14(15)18)10-20-21-16(22)11-4-3-5-19-9-11/h2-5,7-10H,1,6H2,(H,21,22)/b20-10+. The van der Waals surface area contributed by atoms with Crippen LogP contribution in [0.2, 0.25) is 0 Å². The maximum absolute atomic E-state index is 11.9. The Morgan fingerprint density at radius 1 is 1.43 bits per heavy atom. The predicted molar refractivity (Wildman–Crippen MR) is 96.8 cm³/mol. The number of aromatic nitrogens is 1. The number of pyridine rings is 1. The molecule has 5 nitrogen and oxygen atoms in total. The summed E-state index contributed by atoms with van der Waals surface area (Å²) in [6.07, 6.45) is 6.24. The van der Waals surface area contributed by atoms with Gasteiger partial charge in [0.25, 0.3) is 5.91 Å². The van der Waals surface area contributed by atoms with Gasteiger partial charge in [0.05, 0.1) is 16.3 Å². The van der Waals surface area contributed by atoms with Gasteiger partial charge in [-0.05, 0) is 40.2 Å². The van der Waals surface area contributed by atoms with Gasteiger partial charge in [-0.15, -0.1) is 0 Å². The van der Waals surface area contributed by atoms with Crippen LogP contribution in [0, 0.1) is 0 Å². The Morgan fingerprint density at radius 3 is 2.96 bits per heavy atom. The SMILES string of the molecule is C=CCOc1c(Br)cc(Br)cc1/C=N/NC(=O)c1cccnc1. The lowest BCUT2D eigenvalue weighted by atomic mass is 10.2. The van der Waals surface area contributed by atoms with Crippen molar-refractivity contribution in [3.63, 3.8) is 0 Å². The average Bonchev–Trinajstić information content (AvgIpc) is 2.54. The molecule has 1 amide bonds. The smallest absolute Gasteiger partial charge is 0.272 e. The largest absolute Gasteiger partial charge is 0.488 e. The molecule has 0 aliphatic heterocycles. The quantitative estimate of drug-likeness (QED) is 0.422. The van der Waals surface area contributed by atoms with Crippen LogP contribution in [0.3, 0.4) is 0 Å². The van der Waals surface area contributed by atoms with E-state index in [4.69, 9.17) is 4.74 Å². The molecule has 1 N–H and O–H groups in total. The van der Waals surface area contributed by atoms with Crippen molar-refractivity contribution in [3.8, 4) is 5.75 Å². The van der Waals surface area contributed by atoms with E-state index in [1.54, 1.807) is 24.4 Å². The Labute approximate surface area is 150 Å². The molecule has 23 heavy (non-hydrogen) atoms. The first-order valence-electron chi connectivity index (χ1n) is 6.58. The highest BCUT2D eigenvalue weighted by molar-refractivity contribution is 9.11. The van der Waals surface area contributed by atoms with Crippen LogP contribution < -0.4 is 10.2 Å². The van der Waals surface area contributed by atoms with Crippen molar-refractivity contribution in [2.45, 2.75) is 0 Å². The van der Waals surface area contributed by atoms with Gasteiger partial charge < -0.3 is 4.74 Å². The zero-order chi connectivity index (χ0) is 16.7. The van der Waals surface area contributed by atoms with Crippen LogP contribution in [0.5, 0.6) is 5.75 Å². The van der Waals surface area contributed by atoms with Crippen molar-refractivity contribution in [2.24, 2.45) is 5.10 Å². The van der Waals surface area contributed by atoms with Crippen molar-refractivity contribution in [3.05, 3.63) is 69.4 Å². The van der Waals surface area contributed by atoms with Gasteiger partial charge in [0.1, 0.15) is 12.4 Å². The molecule has 0 aliphatic rings. The number of benzene rings is 1. The van der Waals surface area contributed by atoms with Gasteiger partial charge in [0, 0.05) is 22.4 Å². The summed E-state index contributed by atoms with van der Waals surface area (Å²) in [5.41, 5.74) is 3.60. The number of hydrogen-bond donors (Lipinski definition) is 1. The van der Waals surface area contributed by atoms with E-state index in [0.29, 0.717) is 23.5 Å². The summed E-state index contributed by atoms with van der Waals surface area (Å²) >= 11 is 6.85. The lowest BCUT2D eigenvalue weighted by Crippen LogP contribution is -2.17. The molecule has 118 valence electrons. The molecule has 0 saturated heterocycles. The number of amides is 1. The van der Waals surface area contributed by atoms with Gasteiger partial charge >= 0.3 is 0 Å². The fraction of sp³-hybridized carbons (Fsp3) is 0.0625. The van der Waals surface area contributed by atoms with Gasteiger partial charge in [-0.25, -0.2) is 5.43 Å². The van der Waals surface area contributed by atoms with E-state index >= 15 is 0 Å². The zero-order valence-electron chi connectivity index (χ0n) is 12.0. The number of rotatable bonds is 6. The van der Waals surface area contributed by atoms with Gasteiger partial charge in [-0.2, -0.15) is 5.10 Å². The fourth-order valence-electron chi connectivity index (χ4n) is 1.69. The van der Waals surface area contributed by atoms with Crippen LogP contribution in [-0.4, -0.2) is 23.7 Å². The van der Waals surface area contributed by atoms with Crippen molar-refractivity contribution >= 4 is 44.0 Å². The summed E-state index contributed by atoms with van der Waals surface area (Å²) in [5, 5.41) is 3.97. The predicted octanol–water partition coefficient (Wildman–Crippen LogP) is 3.94. The minimum absolute atomic E-state index is 0.336. The summed E-state index contributed by atoms with van der Waals surface area (Å²) in [6, 6.07) is 7.05. The molecular formula is C16H13Br2N3O2. The van der Waals surface area contributed by atoms with E-state index in [9.17, 15) is 4.79 Å². The summed E-state index contributed by atoms with van der Waals surface area (Å²) in [5.74, 6) is 0.282. The number of nitrogens with one attached hydrogen (secondary N) is 1. The molecule has 0 radical (unpaired) electrons. The maximum atomic E-state index is 11.9.